The van der Waals surface area contributed by atoms with E-state index in [2.05, 4.69) is 15.2 Å². The largest absolute Gasteiger partial charge is 0.490 e. The SMILES string of the molecule is I.NC(=NCCN1CCSCC1)Nc1ccc2c(c1)OCCCO2. The molecule has 0 saturated carbocycles. The molecule has 0 atom stereocenters. The molecule has 134 valence electrons. The van der Waals surface area contributed by atoms with Crippen molar-refractivity contribution in [1.82, 2.24) is 4.90 Å². The van der Waals surface area contributed by atoms with Crippen molar-refractivity contribution >= 4 is 47.4 Å². The normalized spacial score (nSPS) is 18.4. The van der Waals surface area contributed by atoms with Crippen LogP contribution in [0.15, 0.2) is 23.2 Å². The number of benzene rings is 1. The monoisotopic (exact) mass is 464 g/mol. The highest BCUT2D eigenvalue weighted by Gasteiger charge is 2.11. The van der Waals surface area contributed by atoms with E-state index >= 15 is 0 Å². The second-order valence-electron chi connectivity index (χ2n) is 5.56. The lowest BCUT2D eigenvalue weighted by Crippen LogP contribution is -2.35. The van der Waals surface area contributed by atoms with Gasteiger partial charge in [0.25, 0.3) is 0 Å². The van der Waals surface area contributed by atoms with Crippen molar-refractivity contribution < 1.29 is 9.47 Å². The predicted octanol–water partition coefficient (Wildman–Crippen LogP) is 2.24. The number of hydrogen-bond acceptors (Lipinski definition) is 5. The van der Waals surface area contributed by atoms with Crippen LogP contribution in [0.25, 0.3) is 0 Å². The van der Waals surface area contributed by atoms with Gasteiger partial charge in [-0.15, -0.1) is 24.0 Å². The standard InChI is InChI=1S/C16H24N4O2S.HI/c17-16(18-4-5-20-6-10-23-11-7-20)19-13-2-3-14-15(12-13)22-9-1-8-21-14;/h2-3,12H,1,4-11H2,(H3,17,18,19);1H. The van der Waals surface area contributed by atoms with Gasteiger partial charge in [-0.05, 0) is 12.1 Å². The van der Waals surface area contributed by atoms with E-state index in [9.17, 15) is 0 Å². The second-order valence-corrected chi connectivity index (χ2v) is 6.78. The van der Waals surface area contributed by atoms with Crippen LogP contribution < -0.4 is 20.5 Å². The van der Waals surface area contributed by atoms with Crippen LogP contribution in [0.5, 0.6) is 11.5 Å². The van der Waals surface area contributed by atoms with Crippen molar-refractivity contribution in [3.8, 4) is 11.5 Å². The Balaban J connectivity index is 0.00000208. The first kappa shape index (κ1) is 19.5. The lowest BCUT2D eigenvalue weighted by molar-refractivity contribution is 0.297. The average Bonchev–Trinajstić information content (AvgIpc) is 2.81. The summed E-state index contributed by atoms with van der Waals surface area (Å²) in [4.78, 5) is 6.84. The Morgan fingerprint density at radius 1 is 1.21 bits per heavy atom. The topological polar surface area (TPSA) is 72.1 Å². The maximum atomic E-state index is 5.97. The molecule has 0 unspecified atom stereocenters. The maximum Gasteiger partial charge on any atom is 0.193 e. The molecule has 0 spiro atoms. The highest BCUT2D eigenvalue weighted by molar-refractivity contribution is 14.0. The van der Waals surface area contributed by atoms with Crippen molar-refractivity contribution in [2.45, 2.75) is 6.42 Å². The van der Waals surface area contributed by atoms with E-state index < -0.39 is 0 Å². The van der Waals surface area contributed by atoms with Gasteiger partial charge in [-0.3, -0.25) is 9.89 Å². The van der Waals surface area contributed by atoms with Crippen LogP contribution in [0.3, 0.4) is 0 Å². The van der Waals surface area contributed by atoms with Crippen molar-refractivity contribution in [1.29, 1.82) is 0 Å². The van der Waals surface area contributed by atoms with E-state index in [0.717, 1.165) is 43.2 Å². The molecule has 1 fully saturated rings. The van der Waals surface area contributed by atoms with Crippen molar-refractivity contribution in [3.63, 3.8) is 0 Å². The molecule has 0 amide bonds. The molecule has 0 aromatic heterocycles. The van der Waals surface area contributed by atoms with Gasteiger partial charge < -0.3 is 20.5 Å². The molecular formula is C16H25IN4O2S. The molecule has 1 aromatic carbocycles. The molecule has 0 radical (unpaired) electrons. The fourth-order valence-electron chi connectivity index (χ4n) is 2.57. The number of nitrogens with one attached hydrogen (secondary N) is 1. The van der Waals surface area contributed by atoms with Gasteiger partial charge in [0.2, 0.25) is 0 Å². The van der Waals surface area contributed by atoms with Crippen LogP contribution in [0, 0.1) is 0 Å². The zero-order chi connectivity index (χ0) is 15.9. The van der Waals surface area contributed by atoms with E-state index in [0.29, 0.717) is 25.7 Å². The minimum Gasteiger partial charge on any atom is -0.490 e. The number of nitrogens with two attached hydrogens (primary N) is 1. The quantitative estimate of drug-likeness (QED) is 0.405. The van der Waals surface area contributed by atoms with Crippen molar-refractivity contribution in [2.24, 2.45) is 10.7 Å². The van der Waals surface area contributed by atoms with Gasteiger partial charge in [0, 0.05) is 49.3 Å². The van der Waals surface area contributed by atoms with Crippen LogP contribution in [0.1, 0.15) is 6.42 Å². The summed E-state index contributed by atoms with van der Waals surface area (Å²) in [5, 5.41) is 3.12. The molecule has 1 saturated heterocycles. The summed E-state index contributed by atoms with van der Waals surface area (Å²) in [6.45, 7) is 5.34. The third kappa shape index (κ3) is 5.89. The average molecular weight is 464 g/mol. The van der Waals surface area contributed by atoms with Crippen molar-refractivity contribution in [2.75, 3.05) is 56.2 Å². The highest BCUT2D eigenvalue weighted by atomic mass is 127. The smallest absolute Gasteiger partial charge is 0.193 e. The summed E-state index contributed by atoms with van der Waals surface area (Å²) in [5.74, 6) is 4.41. The Labute approximate surface area is 164 Å². The predicted molar refractivity (Wildman–Crippen MR) is 111 cm³/mol. The molecule has 3 N–H and O–H groups in total. The number of anilines is 1. The van der Waals surface area contributed by atoms with Crippen LogP contribution >= 0.6 is 35.7 Å². The third-order valence-corrected chi connectivity index (χ3v) is 4.76. The fraction of sp³-hybridized carbons (Fsp3) is 0.562. The van der Waals surface area contributed by atoms with E-state index in [1.54, 1.807) is 0 Å². The number of thioether (sulfide) groups is 1. The Bertz CT molecular complexity index is 553. The van der Waals surface area contributed by atoms with Gasteiger partial charge >= 0.3 is 0 Å². The minimum absolute atomic E-state index is 0. The summed E-state index contributed by atoms with van der Waals surface area (Å²) in [6.07, 6.45) is 0.899. The number of hydrogen-bond donors (Lipinski definition) is 2. The molecular weight excluding hydrogens is 439 g/mol. The number of aliphatic imine (C=N–C) groups is 1. The van der Waals surface area contributed by atoms with Gasteiger partial charge in [0.05, 0.1) is 19.8 Å². The number of halogens is 1. The molecule has 0 bridgehead atoms. The molecule has 0 aliphatic carbocycles. The first-order valence-electron chi connectivity index (χ1n) is 8.08. The number of nitrogens with zero attached hydrogens (tertiary/aromatic N) is 2. The Morgan fingerprint density at radius 2 is 1.96 bits per heavy atom. The van der Waals surface area contributed by atoms with E-state index in [-0.39, 0.29) is 24.0 Å². The molecule has 2 heterocycles. The Hall–Kier alpha value is -0.870. The van der Waals surface area contributed by atoms with Crippen LogP contribution in [0.2, 0.25) is 0 Å². The van der Waals surface area contributed by atoms with Gasteiger partial charge in [0.1, 0.15) is 0 Å². The zero-order valence-corrected chi connectivity index (χ0v) is 16.8. The number of guanidine groups is 1. The lowest BCUT2D eigenvalue weighted by Gasteiger charge is -2.25. The van der Waals surface area contributed by atoms with Crippen LogP contribution in [-0.4, -0.2) is 61.8 Å². The number of ether oxygens (including phenoxy) is 2. The summed E-state index contributed by atoms with van der Waals surface area (Å²) in [7, 11) is 0. The van der Waals surface area contributed by atoms with Gasteiger partial charge in [0.15, 0.2) is 17.5 Å². The summed E-state index contributed by atoms with van der Waals surface area (Å²) in [5.41, 5.74) is 6.84. The number of rotatable bonds is 4. The van der Waals surface area contributed by atoms with Crippen LogP contribution in [-0.2, 0) is 0 Å². The first-order valence-corrected chi connectivity index (χ1v) is 9.23. The Morgan fingerprint density at radius 3 is 2.75 bits per heavy atom. The lowest BCUT2D eigenvalue weighted by atomic mass is 10.3. The Kier molecular flexibility index (Phi) is 8.26. The van der Waals surface area contributed by atoms with Crippen molar-refractivity contribution in [3.05, 3.63) is 18.2 Å². The van der Waals surface area contributed by atoms with E-state index in [1.165, 1.54) is 11.5 Å². The number of fused-ring (bicyclic) bond motifs is 1. The molecule has 24 heavy (non-hydrogen) atoms. The molecule has 6 nitrogen and oxygen atoms in total. The van der Waals surface area contributed by atoms with Crippen LogP contribution in [0.4, 0.5) is 5.69 Å². The fourth-order valence-corrected chi connectivity index (χ4v) is 3.54. The molecule has 3 rings (SSSR count). The summed E-state index contributed by atoms with van der Waals surface area (Å²) < 4.78 is 11.3. The van der Waals surface area contributed by atoms with E-state index in [4.69, 9.17) is 15.2 Å². The summed E-state index contributed by atoms with van der Waals surface area (Å²) in [6, 6.07) is 5.74. The minimum atomic E-state index is 0. The molecule has 1 aromatic rings. The van der Waals surface area contributed by atoms with E-state index in [1.807, 2.05) is 30.0 Å². The van der Waals surface area contributed by atoms with Gasteiger partial charge in [-0.1, -0.05) is 0 Å². The molecule has 2 aliphatic heterocycles. The molecule has 8 heteroatoms. The maximum absolute atomic E-state index is 5.97. The first-order chi connectivity index (χ1) is 11.3. The molecule has 2 aliphatic rings. The van der Waals surface area contributed by atoms with Gasteiger partial charge in [-0.2, -0.15) is 11.8 Å². The summed E-state index contributed by atoms with van der Waals surface area (Å²) >= 11 is 2.02. The second kappa shape index (κ2) is 10.2. The highest BCUT2D eigenvalue weighted by Crippen LogP contribution is 2.32. The third-order valence-electron chi connectivity index (χ3n) is 3.82. The van der Waals surface area contributed by atoms with Gasteiger partial charge in [-0.25, -0.2) is 0 Å². The zero-order valence-electron chi connectivity index (χ0n) is 13.7.